The maximum Gasteiger partial charge on any atom is 0.136 e. The van der Waals surface area contributed by atoms with Gasteiger partial charge in [0.05, 0.1) is 0 Å². The number of hydrogen-bond acceptors (Lipinski definition) is 2. The number of hydrogen-bond donors (Lipinski definition) is 0. The molecule has 1 nitrogen and oxygen atoms in total. The highest BCUT2D eigenvalue weighted by Crippen LogP contribution is 2.13. The normalized spacial score (nSPS) is 10.4. The molecule has 0 saturated heterocycles. The predicted octanol–water partition coefficient (Wildman–Crippen LogP) is 4.76. The van der Waals surface area contributed by atoms with Gasteiger partial charge < -0.3 is 4.90 Å². The zero-order valence-electron chi connectivity index (χ0n) is 12.1. The van der Waals surface area contributed by atoms with Gasteiger partial charge in [-0.25, -0.2) is 0 Å². The standard InChI is InChI=1S/C16H25NS2/c1-3-17(4-2)16(18)19-14-10-6-9-13-15-11-7-5-8-12-15/h5,7-8,11-12H,3-4,6,9-10,13-14H2,1-2H3. The first kappa shape index (κ1) is 16.5. The maximum atomic E-state index is 5.42. The summed E-state index contributed by atoms with van der Waals surface area (Å²) in [5, 5.41) is 0. The van der Waals surface area contributed by atoms with Crippen LogP contribution in [0.5, 0.6) is 0 Å². The molecule has 0 amide bonds. The third-order valence-corrected chi connectivity index (χ3v) is 4.81. The van der Waals surface area contributed by atoms with E-state index in [0.29, 0.717) is 0 Å². The Hall–Kier alpha value is -0.540. The highest BCUT2D eigenvalue weighted by Gasteiger charge is 2.04. The second-order valence-electron chi connectivity index (χ2n) is 4.58. The molecule has 0 unspecified atom stereocenters. The Kier molecular flexibility index (Phi) is 8.93. The molecule has 1 rings (SSSR count). The number of nitrogens with zero attached hydrogens (tertiary/aromatic N) is 1. The van der Waals surface area contributed by atoms with Crippen molar-refractivity contribution in [2.75, 3.05) is 18.8 Å². The van der Waals surface area contributed by atoms with E-state index in [4.69, 9.17) is 12.2 Å². The predicted molar refractivity (Wildman–Crippen MR) is 92.0 cm³/mol. The third-order valence-electron chi connectivity index (χ3n) is 3.20. The minimum absolute atomic E-state index is 1.02. The van der Waals surface area contributed by atoms with Gasteiger partial charge in [0, 0.05) is 18.8 Å². The molecule has 0 aliphatic rings. The molecule has 0 aromatic heterocycles. The number of benzene rings is 1. The largest absolute Gasteiger partial charge is 0.358 e. The fraction of sp³-hybridized carbons (Fsp3) is 0.562. The van der Waals surface area contributed by atoms with Crippen molar-refractivity contribution >= 4 is 28.3 Å². The smallest absolute Gasteiger partial charge is 0.136 e. The molecular formula is C16H25NS2. The van der Waals surface area contributed by atoms with Crippen LogP contribution in [0.3, 0.4) is 0 Å². The van der Waals surface area contributed by atoms with Crippen molar-refractivity contribution in [3.8, 4) is 0 Å². The van der Waals surface area contributed by atoms with E-state index in [1.165, 1.54) is 31.2 Å². The van der Waals surface area contributed by atoms with E-state index in [9.17, 15) is 0 Å². The molecule has 1 aromatic carbocycles. The third kappa shape index (κ3) is 6.98. The Morgan fingerprint density at radius 2 is 1.74 bits per heavy atom. The molecule has 0 aliphatic heterocycles. The molecule has 19 heavy (non-hydrogen) atoms. The molecule has 0 saturated carbocycles. The van der Waals surface area contributed by atoms with Crippen LogP contribution < -0.4 is 0 Å². The Morgan fingerprint density at radius 1 is 1.05 bits per heavy atom. The van der Waals surface area contributed by atoms with Crippen LogP contribution in [0, 0.1) is 0 Å². The summed E-state index contributed by atoms with van der Waals surface area (Å²) in [4.78, 5) is 2.25. The van der Waals surface area contributed by atoms with Gasteiger partial charge in [-0.1, -0.05) is 60.7 Å². The molecular weight excluding hydrogens is 270 g/mol. The van der Waals surface area contributed by atoms with E-state index in [1.807, 2.05) is 11.8 Å². The van der Waals surface area contributed by atoms with Crippen LogP contribution in [0.25, 0.3) is 0 Å². The van der Waals surface area contributed by atoms with Gasteiger partial charge in [-0.15, -0.1) is 0 Å². The highest BCUT2D eigenvalue weighted by atomic mass is 32.2. The van der Waals surface area contributed by atoms with Crippen molar-refractivity contribution in [2.45, 2.75) is 39.5 Å². The Balaban J connectivity index is 2.04. The SMILES string of the molecule is CCN(CC)C(=S)SCCCCCc1ccccc1. The van der Waals surface area contributed by atoms with Gasteiger partial charge in [0.2, 0.25) is 0 Å². The molecule has 0 fully saturated rings. The molecule has 0 N–H and O–H groups in total. The number of aryl methyl sites for hydroxylation is 1. The van der Waals surface area contributed by atoms with Crippen LogP contribution in [0.15, 0.2) is 30.3 Å². The van der Waals surface area contributed by atoms with Crippen LogP contribution in [-0.2, 0) is 6.42 Å². The molecule has 0 spiro atoms. The van der Waals surface area contributed by atoms with Crippen molar-refractivity contribution in [3.63, 3.8) is 0 Å². The van der Waals surface area contributed by atoms with Gasteiger partial charge in [-0.3, -0.25) is 0 Å². The molecule has 0 aliphatic carbocycles. The summed E-state index contributed by atoms with van der Waals surface area (Å²) in [7, 11) is 0. The van der Waals surface area contributed by atoms with Crippen molar-refractivity contribution in [3.05, 3.63) is 35.9 Å². The fourth-order valence-electron chi connectivity index (χ4n) is 1.99. The van der Waals surface area contributed by atoms with Gasteiger partial charge in [0.15, 0.2) is 0 Å². The van der Waals surface area contributed by atoms with Gasteiger partial charge in [0.25, 0.3) is 0 Å². The lowest BCUT2D eigenvalue weighted by molar-refractivity contribution is 0.482. The van der Waals surface area contributed by atoms with Crippen LogP contribution in [0.1, 0.15) is 38.7 Å². The first-order valence-corrected chi connectivity index (χ1v) is 8.63. The van der Waals surface area contributed by atoms with E-state index in [1.54, 1.807) is 0 Å². The summed E-state index contributed by atoms with van der Waals surface area (Å²) < 4.78 is 1.06. The van der Waals surface area contributed by atoms with Crippen LogP contribution in [0.2, 0.25) is 0 Å². The monoisotopic (exact) mass is 295 g/mol. The first-order valence-electron chi connectivity index (χ1n) is 7.23. The van der Waals surface area contributed by atoms with Crippen LogP contribution in [-0.4, -0.2) is 28.1 Å². The molecule has 1 aromatic rings. The van der Waals surface area contributed by atoms with Gasteiger partial charge in [0.1, 0.15) is 4.32 Å². The average molecular weight is 296 g/mol. The Morgan fingerprint density at radius 3 is 2.37 bits per heavy atom. The molecule has 3 heteroatoms. The highest BCUT2D eigenvalue weighted by molar-refractivity contribution is 8.22. The van der Waals surface area contributed by atoms with Crippen molar-refractivity contribution in [2.24, 2.45) is 0 Å². The summed E-state index contributed by atoms with van der Waals surface area (Å²) in [5.74, 6) is 1.16. The Bertz CT molecular complexity index is 347. The van der Waals surface area contributed by atoms with Crippen molar-refractivity contribution < 1.29 is 0 Å². The number of thioether (sulfide) groups is 1. The minimum Gasteiger partial charge on any atom is -0.358 e. The molecule has 0 heterocycles. The zero-order valence-corrected chi connectivity index (χ0v) is 13.7. The van der Waals surface area contributed by atoms with Crippen molar-refractivity contribution in [1.82, 2.24) is 4.90 Å². The lowest BCUT2D eigenvalue weighted by Crippen LogP contribution is -2.26. The van der Waals surface area contributed by atoms with E-state index >= 15 is 0 Å². The number of thiocarbonyl (C=S) groups is 1. The summed E-state index contributed by atoms with van der Waals surface area (Å²) in [6.45, 7) is 6.37. The van der Waals surface area contributed by atoms with Gasteiger partial charge >= 0.3 is 0 Å². The lowest BCUT2D eigenvalue weighted by Gasteiger charge is -2.20. The first-order chi connectivity index (χ1) is 9.27. The molecule has 106 valence electrons. The number of rotatable bonds is 8. The van der Waals surface area contributed by atoms with Gasteiger partial charge in [-0.05, 0) is 38.7 Å². The second-order valence-corrected chi connectivity index (χ2v) is 6.31. The summed E-state index contributed by atoms with van der Waals surface area (Å²) in [6.07, 6.45) is 5.04. The minimum atomic E-state index is 1.02. The van der Waals surface area contributed by atoms with Gasteiger partial charge in [-0.2, -0.15) is 0 Å². The number of unbranched alkanes of at least 4 members (excludes halogenated alkanes) is 2. The average Bonchev–Trinajstić information content (AvgIpc) is 2.45. The maximum absolute atomic E-state index is 5.42. The van der Waals surface area contributed by atoms with E-state index < -0.39 is 0 Å². The zero-order chi connectivity index (χ0) is 13.9. The van der Waals surface area contributed by atoms with Crippen LogP contribution >= 0.6 is 24.0 Å². The second kappa shape index (κ2) is 10.3. The molecule has 0 atom stereocenters. The van der Waals surface area contributed by atoms with E-state index in [0.717, 1.165) is 23.2 Å². The summed E-state index contributed by atoms with van der Waals surface area (Å²) >= 11 is 7.25. The van der Waals surface area contributed by atoms with E-state index in [2.05, 4.69) is 49.1 Å². The van der Waals surface area contributed by atoms with Crippen LogP contribution in [0.4, 0.5) is 0 Å². The Labute approximate surface area is 127 Å². The fourth-order valence-corrected chi connectivity index (χ4v) is 3.46. The topological polar surface area (TPSA) is 3.24 Å². The summed E-state index contributed by atoms with van der Waals surface area (Å²) in [5.41, 5.74) is 1.45. The van der Waals surface area contributed by atoms with Crippen molar-refractivity contribution in [1.29, 1.82) is 0 Å². The van der Waals surface area contributed by atoms with E-state index in [-0.39, 0.29) is 0 Å². The quantitative estimate of drug-likeness (QED) is 0.503. The molecule has 0 bridgehead atoms. The molecule has 0 radical (unpaired) electrons. The summed E-state index contributed by atoms with van der Waals surface area (Å²) in [6, 6.07) is 10.7. The lowest BCUT2D eigenvalue weighted by atomic mass is 10.1.